The topological polar surface area (TPSA) is 87.2 Å². The molecule has 2 saturated heterocycles. The van der Waals surface area contributed by atoms with E-state index in [9.17, 15) is 14.0 Å². The van der Waals surface area contributed by atoms with Crippen molar-refractivity contribution < 1.29 is 14.0 Å². The number of hydrogen-bond donors (Lipinski definition) is 2. The Morgan fingerprint density at radius 2 is 1.97 bits per heavy atom. The molecule has 2 aromatic heterocycles. The summed E-state index contributed by atoms with van der Waals surface area (Å²) in [5.74, 6) is 0.832. The number of halogens is 1. The van der Waals surface area contributed by atoms with Gasteiger partial charge in [-0.3, -0.25) is 19.9 Å². The second-order valence-corrected chi connectivity index (χ2v) is 9.49. The minimum atomic E-state index is -0.372. The Morgan fingerprint density at radius 1 is 1.12 bits per heavy atom. The molecule has 7 nitrogen and oxygen atoms in total. The van der Waals surface area contributed by atoms with Gasteiger partial charge in [-0.15, -0.1) is 0 Å². The first kappa shape index (κ1) is 22.5. The van der Waals surface area contributed by atoms with E-state index in [1.165, 1.54) is 12.1 Å². The van der Waals surface area contributed by atoms with Gasteiger partial charge in [-0.2, -0.15) is 0 Å². The molecule has 1 aromatic carbocycles. The number of hydrogen-bond acceptors (Lipinski definition) is 7. The Kier molecular flexibility index (Phi) is 6.55. The molecule has 0 unspecified atom stereocenters. The summed E-state index contributed by atoms with van der Waals surface area (Å²) in [6.07, 6.45) is 3.76. The van der Waals surface area contributed by atoms with Gasteiger partial charge in [-0.25, -0.2) is 9.37 Å². The number of fused-ring (bicyclic) bond motifs is 1. The van der Waals surface area contributed by atoms with Gasteiger partial charge in [0.15, 0.2) is 0 Å². The van der Waals surface area contributed by atoms with E-state index in [1.54, 1.807) is 12.1 Å². The van der Waals surface area contributed by atoms with Crippen molar-refractivity contribution in [3.8, 4) is 0 Å². The van der Waals surface area contributed by atoms with Crippen molar-refractivity contribution in [3.05, 3.63) is 70.6 Å². The van der Waals surface area contributed by atoms with Crippen molar-refractivity contribution >= 4 is 45.7 Å². The second kappa shape index (κ2) is 9.90. The molecule has 4 heterocycles. The number of anilines is 1. The van der Waals surface area contributed by atoms with E-state index in [0.717, 1.165) is 66.7 Å². The number of imide groups is 1. The van der Waals surface area contributed by atoms with Crippen molar-refractivity contribution in [2.45, 2.75) is 19.4 Å². The van der Waals surface area contributed by atoms with Crippen LogP contribution in [0.2, 0.25) is 0 Å². The van der Waals surface area contributed by atoms with Gasteiger partial charge in [0.25, 0.3) is 11.1 Å². The molecule has 0 radical (unpaired) electrons. The Hall–Kier alpha value is -3.30. The first-order valence-electron chi connectivity index (χ1n) is 11.3. The van der Waals surface area contributed by atoms with E-state index in [1.807, 2.05) is 30.3 Å². The smallest absolute Gasteiger partial charge is 0.290 e. The average molecular weight is 478 g/mol. The summed E-state index contributed by atoms with van der Waals surface area (Å²) >= 11 is 0.899. The number of nitrogens with one attached hydrogen (secondary N) is 2. The van der Waals surface area contributed by atoms with Crippen LogP contribution in [-0.4, -0.2) is 40.7 Å². The highest BCUT2D eigenvalue weighted by Crippen LogP contribution is 2.26. The Labute approximate surface area is 200 Å². The van der Waals surface area contributed by atoms with Crippen LogP contribution < -0.4 is 15.5 Å². The molecule has 3 aromatic rings. The van der Waals surface area contributed by atoms with Gasteiger partial charge in [0, 0.05) is 25.0 Å². The van der Waals surface area contributed by atoms with E-state index < -0.39 is 0 Å². The Morgan fingerprint density at radius 3 is 2.76 bits per heavy atom. The summed E-state index contributed by atoms with van der Waals surface area (Å²) in [6, 6.07) is 14.2. The summed E-state index contributed by atoms with van der Waals surface area (Å²) in [5, 5.41) is 6.23. The highest BCUT2D eigenvalue weighted by Gasteiger charge is 2.25. The lowest BCUT2D eigenvalue weighted by Gasteiger charge is -2.33. The summed E-state index contributed by atoms with van der Waals surface area (Å²) in [4.78, 5) is 35.0. The predicted molar refractivity (Wildman–Crippen MR) is 132 cm³/mol. The number of carbonyl (C=O) groups excluding carboxylic acids is 2. The highest BCUT2D eigenvalue weighted by molar-refractivity contribution is 8.18. The number of thioether (sulfide) groups is 1. The van der Waals surface area contributed by atoms with Crippen LogP contribution in [0.4, 0.5) is 15.0 Å². The van der Waals surface area contributed by atoms with Crippen molar-refractivity contribution in [1.29, 1.82) is 0 Å². The van der Waals surface area contributed by atoms with Crippen molar-refractivity contribution in [3.63, 3.8) is 0 Å². The summed E-state index contributed by atoms with van der Waals surface area (Å²) in [6.45, 7) is 3.41. The van der Waals surface area contributed by atoms with Crippen LogP contribution in [0.5, 0.6) is 0 Å². The fourth-order valence-electron chi connectivity index (χ4n) is 4.26. The number of benzene rings is 1. The molecule has 174 valence electrons. The van der Waals surface area contributed by atoms with E-state index in [4.69, 9.17) is 0 Å². The Bertz CT molecular complexity index is 1270. The van der Waals surface area contributed by atoms with Crippen molar-refractivity contribution in [1.82, 2.24) is 20.6 Å². The maximum absolute atomic E-state index is 13.3. The monoisotopic (exact) mass is 477 g/mol. The molecule has 2 aliphatic rings. The van der Waals surface area contributed by atoms with Gasteiger partial charge in [-0.1, -0.05) is 12.1 Å². The fourth-order valence-corrected chi connectivity index (χ4v) is 4.93. The van der Waals surface area contributed by atoms with Gasteiger partial charge in [0.1, 0.15) is 11.6 Å². The van der Waals surface area contributed by atoms with Crippen molar-refractivity contribution in [2.75, 3.05) is 24.5 Å². The molecule has 0 spiro atoms. The van der Waals surface area contributed by atoms with E-state index in [-0.39, 0.29) is 17.0 Å². The van der Waals surface area contributed by atoms with E-state index in [2.05, 4.69) is 25.5 Å². The van der Waals surface area contributed by atoms with E-state index >= 15 is 0 Å². The number of piperidine rings is 1. The van der Waals surface area contributed by atoms with E-state index in [0.29, 0.717) is 23.1 Å². The molecule has 2 aliphatic heterocycles. The zero-order valence-electron chi connectivity index (χ0n) is 18.5. The molecule has 0 aliphatic carbocycles. The minimum absolute atomic E-state index is 0.248. The quantitative estimate of drug-likeness (QED) is 0.517. The average Bonchev–Trinajstić information content (AvgIpc) is 3.16. The number of amides is 2. The molecule has 2 amide bonds. The van der Waals surface area contributed by atoms with Crippen LogP contribution in [-0.2, 0) is 11.3 Å². The van der Waals surface area contributed by atoms with Gasteiger partial charge in [0.05, 0.1) is 21.8 Å². The first-order chi connectivity index (χ1) is 16.5. The predicted octanol–water partition coefficient (Wildman–Crippen LogP) is 4.10. The van der Waals surface area contributed by atoms with Crippen molar-refractivity contribution in [2.24, 2.45) is 5.92 Å². The molecule has 0 atom stereocenters. The van der Waals surface area contributed by atoms with Crippen LogP contribution in [0.1, 0.15) is 24.2 Å². The molecule has 2 N–H and O–H groups in total. The number of rotatable bonds is 6. The van der Waals surface area contributed by atoms with Gasteiger partial charge in [-0.05, 0) is 79.5 Å². The maximum Gasteiger partial charge on any atom is 0.290 e. The van der Waals surface area contributed by atoms with Gasteiger partial charge < -0.3 is 10.2 Å². The zero-order chi connectivity index (χ0) is 23.5. The molecule has 2 fully saturated rings. The van der Waals surface area contributed by atoms with Gasteiger partial charge >= 0.3 is 0 Å². The number of carbonyl (C=O) groups is 2. The minimum Gasteiger partial charge on any atom is -0.357 e. The summed E-state index contributed by atoms with van der Waals surface area (Å²) in [7, 11) is 0. The molecule has 0 bridgehead atoms. The lowest BCUT2D eigenvalue weighted by atomic mass is 9.96. The summed E-state index contributed by atoms with van der Waals surface area (Å²) in [5.41, 5.74) is 2.42. The lowest BCUT2D eigenvalue weighted by molar-refractivity contribution is -0.115. The SMILES string of the molecule is O=C1NC(=O)/C(=C\c2cccc(N3CCC(CNCc4ccc5cc(F)ccc5n4)CC3)n2)S1. The standard InChI is InChI=1S/C25H24FN5O2S/c26-18-5-7-21-17(12-18)4-6-20(28-21)15-27-14-16-8-10-31(11-9-16)23-3-1-2-19(29-23)13-22-24(32)30-25(33)34-22/h1-7,12-13,16,27H,8-11,14-15H2,(H,30,32,33)/b22-13+. The lowest BCUT2D eigenvalue weighted by Crippen LogP contribution is -2.37. The third kappa shape index (κ3) is 5.26. The third-order valence-electron chi connectivity index (χ3n) is 6.06. The third-order valence-corrected chi connectivity index (χ3v) is 6.87. The normalized spacial score (nSPS) is 18.1. The zero-order valence-corrected chi connectivity index (χ0v) is 19.3. The largest absolute Gasteiger partial charge is 0.357 e. The number of pyridine rings is 2. The second-order valence-electron chi connectivity index (χ2n) is 8.47. The van der Waals surface area contributed by atoms with Crippen LogP contribution in [0.25, 0.3) is 17.0 Å². The molecule has 5 rings (SSSR count). The highest BCUT2D eigenvalue weighted by atomic mass is 32.2. The van der Waals surface area contributed by atoms with Gasteiger partial charge in [0.2, 0.25) is 0 Å². The number of aromatic nitrogens is 2. The molecule has 0 saturated carbocycles. The number of nitrogens with zero attached hydrogens (tertiary/aromatic N) is 3. The van der Waals surface area contributed by atoms with Crippen LogP contribution >= 0.6 is 11.8 Å². The maximum atomic E-state index is 13.3. The summed E-state index contributed by atoms with van der Waals surface area (Å²) < 4.78 is 13.3. The molecule has 34 heavy (non-hydrogen) atoms. The molecular weight excluding hydrogens is 453 g/mol. The Balaban J connectivity index is 1.12. The van der Waals surface area contributed by atoms with Crippen LogP contribution in [0.15, 0.2) is 53.4 Å². The van der Waals surface area contributed by atoms with Crippen LogP contribution in [0, 0.1) is 11.7 Å². The molecule has 9 heteroatoms. The van der Waals surface area contributed by atoms with Crippen LogP contribution in [0.3, 0.4) is 0 Å². The fraction of sp³-hybridized carbons (Fsp3) is 0.280. The first-order valence-corrected chi connectivity index (χ1v) is 12.1. The molecular formula is C25H24FN5O2S.